The number of rotatable bonds is 7. The van der Waals surface area contributed by atoms with E-state index in [0.717, 1.165) is 18.3 Å². The van der Waals surface area contributed by atoms with Crippen molar-refractivity contribution in [2.24, 2.45) is 0 Å². The highest BCUT2D eigenvalue weighted by molar-refractivity contribution is 6.07. The van der Waals surface area contributed by atoms with Crippen molar-refractivity contribution in [1.29, 1.82) is 0 Å². The number of nitrogens with one attached hydrogen (secondary N) is 1. The maximum atomic E-state index is 13.3. The molecule has 198 valence electrons. The topological polar surface area (TPSA) is 101 Å². The maximum absolute atomic E-state index is 13.3. The number of ether oxygens (including phenoxy) is 2. The number of carbonyl (C=O) groups is 2. The fraction of sp³-hybridized carbons (Fsp3) is 0.542. The summed E-state index contributed by atoms with van der Waals surface area (Å²) in [4.78, 5) is 31.4. The highest BCUT2D eigenvalue weighted by Gasteiger charge is 2.33. The summed E-state index contributed by atoms with van der Waals surface area (Å²) in [7, 11) is 0. The van der Waals surface area contributed by atoms with Crippen LogP contribution in [0.3, 0.4) is 0 Å². The van der Waals surface area contributed by atoms with Gasteiger partial charge in [-0.2, -0.15) is 13.2 Å². The van der Waals surface area contributed by atoms with Gasteiger partial charge in [0.1, 0.15) is 18.4 Å². The molecule has 1 aliphatic heterocycles. The molecule has 2 aromatic rings. The van der Waals surface area contributed by atoms with Gasteiger partial charge < -0.3 is 24.8 Å². The number of pyridine rings is 1. The number of aromatic nitrogens is 1. The van der Waals surface area contributed by atoms with Gasteiger partial charge in [-0.15, -0.1) is 0 Å². The Morgan fingerprint density at radius 2 is 1.89 bits per heavy atom. The van der Waals surface area contributed by atoms with Crippen LogP contribution in [0.25, 0.3) is 10.9 Å². The molecule has 1 saturated heterocycles. The number of carbonyl (C=O) groups excluding carboxylic acids is 2. The van der Waals surface area contributed by atoms with E-state index in [9.17, 15) is 32.3 Å². The Morgan fingerprint density at radius 1 is 1.22 bits per heavy atom. The number of aliphatic hydroxyl groups is 1. The van der Waals surface area contributed by atoms with Gasteiger partial charge in [-0.1, -0.05) is 6.07 Å². The Bertz CT molecular complexity index is 1100. The number of hydrogen-bond acceptors (Lipinski definition) is 7. The van der Waals surface area contributed by atoms with Crippen LogP contribution < -0.4 is 10.2 Å². The van der Waals surface area contributed by atoms with Gasteiger partial charge in [0.05, 0.1) is 48.0 Å². The van der Waals surface area contributed by atoms with Crippen molar-refractivity contribution < 1.29 is 41.7 Å². The highest BCUT2D eigenvalue weighted by atomic mass is 19.4. The third kappa shape index (κ3) is 6.82. The lowest BCUT2D eigenvalue weighted by Gasteiger charge is -2.32. The Balaban J connectivity index is 1.99. The Morgan fingerprint density at radius 3 is 2.47 bits per heavy atom. The van der Waals surface area contributed by atoms with Crippen molar-refractivity contribution in [3.8, 4) is 0 Å². The summed E-state index contributed by atoms with van der Waals surface area (Å²) in [6.07, 6.45) is -5.61. The molecule has 1 aromatic carbocycles. The maximum Gasteiger partial charge on any atom is 0.416 e. The standard InChI is InChI=1S/C24H29F4N3O5/c1-23(2,3)36-20(33)11-18(19(32)12-25)30-22(34)16-13-29-17-10-14(24(26,27)28)4-5-15(17)21(16)31-6-8-35-9-7-31/h4-5,10,13,18-19,32H,6-9,11-12H2,1-3H3,(H,30,34). The number of amides is 1. The molecule has 8 nitrogen and oxygen atoms in total. The summed E-state index contributed by atoms with van der Waals surface area (Å²) in [6, 6.07) is 1.76. The lowest BCUT2D eigenvalue weighted by molar-refractivity contribution is -0.156. The first-order valence-corrected chi connectivity index (χ1v) is 11.4. The molecule has 1 fully saturated rings. The molecule has 0 spiro atoms. The number of nitrogens with zero attached hydrogens (tertiary/aromatic N) is 2. The van der Waals surface area contributed by atoms with Crippen LogP contribution >= 0.6 is 0 Å². The minimum atomic E-state index is -4.57. The van der Waals surface area contributed by atoms with Crippen LogP contribution in [0.1, 0.15) is 43.1 Å². The SMILES string of the molecule is CC(C)(C)OC(=O)CC(NC(=O)c1cnc2cc(C(F)(F)F)ccc2c1N1CCOCC1)C(O)CF. The lowest BCUT2D eigenvalue weighted by Crippen LogP contribution is -2.47. The molecule has 2 heterocycles. The van der Waals surface area contributed by atoms with Gasteiger partial charge in [0.2, 0.25) is 0 Å². The number of esters is 1. The number of morpholine rings is 1. The van der Waals surface area contributed by atoms with Crippen LogP contribution in [0.15, 0.2) is 24.4 Å². The average Bonchev–Trinajstić information content (AvgIpc) is 2.80. The first-order valence-electron chi connectivity index (χ1n) is 11.4. The molecular weight excluding hydrogens is 486 g/mol. The van der Waals surface area contributed by atoms with Crippen LogP contribution in [-0.4, -0.2) is 72.7 Å². The molecule has 2 N–H and O–H groups in total. The normalized spacial score (nSPS) is 16.5. The Kier molecular flexibility index (Phi) is 8.40. The number of fused-ring (bicyclic) bond motifs is 1. The number of halogens is 4. The van der Waals surface area contributed by atoms with Gasteiger partial charge in [-0.25, -0.2) is 4.39 Å². The Labute approximate surface area is 205 Å². The number of aliphatic hydroxyl groups excluding tert-OH is 1. The van der Waals surface area contributed by atoms with Crippen LogP contribution in [-0.2, 0) is 20.4 Å². The van der Waals surface area contributed by atoms with Gasteiger partial charge in [-0.3, -0.25) is 14.6 Å². The first-order chi connectivity index (χ1) is 16.8. The quantitative estimate of drug-likeness (QED) is 0.431. The molecule has 0 radical (unpaired) electrons. The second kappa shape index (κ2) is 11.0. The van der Waals surface area contributed by atoms with Crippen molar-refractivity contribution in [3.63, 3.8) is 0 Å². The third-order valence-electron chi connectivity index (χ3n) is 5.49. The number of anilines is 1. The van der Waals surface area contributed by atoms with Crippen LogP contribution in [0.5, 0.6) is 0 Å². The van der Waals surface area contributed by atoms with E-state index in [1.165, 1.54) is 6.07 Å². The monoisotopic (exact) mass is 515 g/mol. The van der Waals surface area contributed by atoms with Crippen molar-refractivity contribution >= 4 is 28.5 Å². The molecule has 2 unspecified atom stereocenters. The predicted molar refractivity (Wildman–Crippen MR) is 123 cm³/mol. The zero-order valence-electron chi connectivity index (χ0n) is 20.2. The summed E-state index contributed by atoms with van der Waals surface area (Å²) in [6.45, 7) is 5.13. The van der Waals surface area contributed by atoms with Crippen LogP contribution in [0.2, 0.25) is 0 Å². The fourth-order valence-electron chi connectivity index (χ4n) is 3.85. The molecular formula is C24H29F4N3O5. The van der Waals surface area contributed by atoms with E-state index in [1.807, 2.05) is 0 Å². The van der Waals surface area contributed by atoms with Gasteiger partial charge in [0, 0.05) is 24.7 Å². The van der Waals surface area contributed by atoms with Gasteiger partial charge in [0.15, 0.2) is 0 Å². The van der Waals surface area contributed by atoms with E-state index in [2.05, 4.69) is 10.3 Å². The van der Waals surface area contributed by atoms with E-state index in [1.54, 1.807) is 25.7 Å². The number of alkyl halides is 4. The number of benzene rings is 1. The third-order valence-corrected chi connectivity index (χ3v) is 5.49. The van der Waals surface area contributed by atoms with E-state index in [-0.39, 0.29) is 11.1 Å². The first kappa shape index (κ1) is 27.6. The minimum absolute atomic E-state index is 0.00408. The van der Waals surface area contributed by atoms with E-state index in [0.29, 0.717) is 37.4 Å². The zero-order valence-corrected chi connectivity index (χ0v) is 20.2. The van der Waals surface area contributed by atoms with Gasteiger partial charge in [-0.05, 0) is 32.9 Å². The number of hydrogen-bond donors (Lipinski definition) is 2. The molecule has 0 saturated carbocycles. The van der Waals surface area contributed by atoms with Gasteiger partial charge >= 0.3 is 12.1 Å². The van der Waals surface area contributed by atoms with Crippen LogP contribution in [0.4, 0.5) is 23.2 Å². The van der Waals surface area contributed by atoms with Gasteiger partial charge in [0.25, 0.3) is 5.91 Å². The molecule has 3 rings (SSSR count). The zero-order chi connectivity index (χ0) is 26.7. The molecule has 2 atom stereocenters. The summed E-state index contributed by atoms with van der Waals surface area (Å²) in [5.74, 6) is -1.52. The van der Waals surface area contributed by atoms with Crippen molar-refractivity contribution in [3.05, 3.63) is 35.5 Å². The molecule has 1 amide bonds. The molecule has 1 aliphatic rings. The minimum Gasteiger partial charge on any atom is -0.460 e. The summed E-state index contributed by atoms with van der Waals surface area (Å²) in [5.41, 5.74) is -1.33. The fourth-order valence-corrected chi connectivity index (χ4v) is 3.85. The van der Waals surface area contributed by atoms with Crippen molar-refractivity contribution in [2.45, 2.75) is 51.1 Å². The largest absolute Gasteiger partial charge is 0.460 e. The average molecular weight is 516 g/mol. The molecule has 0 bridgehead atoms. The smallest absolute Gasteiger partial charge is 0.416 e. The molecule has 0 aliphatic carbocycles. The van der Waals surface area contributed by atoms with E-state index >= 15 is 0 Å². The predicted octanol–water partition coefficient (Wildman–Crippen LogP) is 3.25. The lowest BCUT2D eigenvalue weighted by atomic mass is 10.0. The molecule has 36 heavy (non-hydrogen) atoms. The second-order valence-corrected chi connectivity index (χ2v) is 9.44. The molecule has 1 aromatic heterocycles. The van der Waals surface area contributed by atoms with Crippen molar-refractivity contribution in [1.82, 2.24) is 10.3 Å². The van der Waals surface area contributed by atoms with Crippen molar-refractivity contribution in [2.75, 3.05) is 37.9 Å². The van der Waals surface area contributed by atoms with E-state index in [4.69, 9.17) is 9.47 Å². The molecule has 12 heteroatoms. The van der Waals surface area contributed by atoms with Crippen LogP contribution in [0, 0.1) is 0 Å². The summed E-state index contributed by atoms with van der Waals surface area (Å²) < 4.78 is 63.6. The van der Waals surface area contributed by atoms with E-state index < -0.39 is 54.5 Å². The highest BCUT2D eigenvalue weighted by Crippen LogP contribution is 2.35. The second-order valence-electron chi connectivity index (χ2n) is 9.44. The Hall–Kier alpha value is -2.99. The summed E-state index contributed by atoms with van der Waals surface area (Å²) in [5, 5.41) is 12.9. The summed E-state index contributed by atoms with van der Waals surface area (Å²) >= 11 is 0.